The molecule has 1 unspecified atom stereocenters. The molecule has 32 heavy (non-hydrogen) atoms. The Morgan fingerprint density at radius 1 is 1.09 bits per heavy atom. The largest absolute Gasteiger partial charge is 0.444 e. The lowest BCUT2D eigenvalue weighted by Crippen LogP contribution is -2.27. The summed E-state index contributed by atoms with van der Waals surface area (Å²) in [5, 5.41) is 8.37. The second-order valence-electron chi connectivity index (χ2n) is 8.80. The van der Waals surface area contributed by atoms with Gasteiger partial charge in [0, 0.05) is 23.2 Å². The van der Waals surface area contributed by atoms with Gasteiger partial charge in [-0.1, -0.05) is 37.3 Å². The van der Waals surface area contributed by atoms with Crippen molar-refractivity contribution >= 4 is 40.1 Å². The fourth-order valence-electron chi connectivity index (χ4n) is 3.44. The van der Waals surface area contributed by atoms with Gasteiger partial charge in [0.15, 0.2) is 0 Å². The number of anilines is 2. The van der Waals surface area contributed by atoms with Crippen molar-refractivity contribution in [1.29, 1.82) is 0 Å². The zero-order valence-corrected chi connectivity index (χ0v) is 20.4. The van der Waals surface area contributed by atoms with Crippen LogP contribution in [0.25, 0.3) is 21.9 Å². The van der Waals surface area contributed by atoms with Gasteiger partial charge in [-0.3, -0.25) is 5.32 Å². The molecule has 1 atom stereocenters. The molecule has 0 aliphatic heterocycles. The summed E-state index contributed by atoms with van der Waals surface area (Å²) in [6.07, 6.45) is 2.55. The van der Waals surface area contributed by atoms with Crippen LogP contribution >= 0.6 is 11.8 Å². The van der Waals surface area contributed by atoms with E-state index in [0.29, 0.717) is 6.04 Å². The first-order valence-corrected chi connectivity index (χ1v) is 12.2. The summed E-state index contributed by atoms with van der Waals surface area (Å²) < 4.78 is 5.41. The van der Waals surface area contributed by atoms with E-state index in [-0.39, 0.29) is 0 Å². The van der Waals surface area contributed by atoms with E-state index in [1.165, 1.54) is 0 Å². The zero-order valence-electron chi connectivity index (χ0n) is 19.6. The van der Waals surface area contributed by atoms with E-state index >= 15 is 0 Å². The van der Waals surface area contributed by atoms with Gasteiger partial charge >= 0.3 is 6.09 Å². The molecule has 1 amide bonds. The molecular formula is C26H33N3O2S. The average Bonchev–Trinajstić information content (AvgIpc) is 2.73. The van der Waals surface area contributed by atoms with Crippen LogP contribution < -0.4 is 10.6 Å². The number of benzene rings is 2. The third-order valence-corrected chi connectivity index (χ3v) is 5.86. The highest BCUT2D eigenvalue weighted by Crippen LogP contribution is 2.33. The third-order valence-electron chi connectivity index (χ3n) is 4.93. The second kappa shape index (κ2) is 10.7. The average molecular weight is 452 g/mol. The molecule has 0 aliphatic rings. The zero-order chi connectivity index (χ0) is 23.1. The van der Waals surface area contributed by atoms with E-state index in [0.717, 1.165) is 51.3 Å². The lowest BCUT2D eigenvalue weighted by atomic mass is 9.98. The lowest BCUT2D eigenvalue weighted by Gasteiger charge is -2.20. The fourth-order valence-corrected chi connectivity index (χ4v) is 4.25. The number of fused-ring (bicyclic) bond motifs is 1. The van der Waals surface area contributed by atoms with E-state index in [1.54, 1.807) is 0 Å². The highest BCUT2D eigenvalue weighted by atomic mass is 32.2. The molecule has 2 N–H and O–H groups in total. The predicted octanol–water partition coefficient (Wildman–Crippen LogP) is 7.19. The summed E-state index contributed by atoms with van der Waals surface area (Å²) in [5.74, 6) is 3.19. The Hall–Kier alpha value is -2.73. The van der Waals surface area contributed by atoms with Crippen molar-refractivity contribution in [3.8, 4) is 11.1 Å². The second-order valence-corrected chi connectivity index (χ2v) is 10.2. The van der Waals surface area contributed by atoms with Gasteiger partial charge in [-0.15, -0.1) is 0 Å². The summed E-state index contributed by atoms with van der Waals surface area (Å²) in [6.45, 7) is 9.93. The van der Waals surface area contributed by atoms with Crippen LogP contribution in [0.15, 0.2) is 54.7 Å². The number of nitrogens with one attached hydrogen (secondary N) is 2. The van der Waals surface area contributed by atoms with Gasteiger partial charge in [0.1, 0.15) is 11.4 Å². The van der Waals surface area contributed by atoms with Crippen LogP contribution in [0.1, 0.15) is 41.0 Å². The summed E-state index contributed by atoms with van der Waals surface area (Å²) in [4.78, 5) is 16.9. The van der Waals surface area contributed by atoms with E-state index < -0.39 is 11.7 Å². The van der Waals surface area contributed by atoms with Crippen LogP contribution in [0.3, 0.4) is 0 Å². The van der Waals surface area contributed by atoms with Gasteiger partial charge in [-0.05, 0) is 74.8 Å². The van der Waals surface area contributed by atoms with Crippen LogP contribution in [0.2, 0.25) is 0 Å². The molecule has 0 saturated heterocycles. The van der Waals surface area contributed by atoms with Gasteiger partial charge in [0.25, 0.3) is 0 Å². The Morgan fingerprint density at radius 3 is 2.50 bits per heavy atom. The molecule has 170 valence electrons. The Labute approximate surface area is 195 Å². The number of hydrogen-bond donors (Lipinski definition) is 2. The minimum atomic E-state index is -0.548. The summed E-state index contributed by atoms with van der Waals surface area (Å²) in [7, 11) is 0. The Morgan fingerprint density at radius 2 is 1.84 bits per heavy atom. The molecule has 0 bridgehead atoms. The third kappa shape index (κ3) is 6.63. The van der Waals surface area contributed by atoms with Crippen LogP contribution in [-0.2, 0) is 4.74 Å². The minimum Gasteiger partial charge on any atom is -0.444 e. The number of nitrogens with zero attached hydrogens (tertiary/aromatic N) is 1. The molecule has 2 aromatic carbocycles. The summed E-state index contributed by atoms with van der Waals surface area (Å²) in [5.41, 5.74) is 2.28. The molecule has 0 radical (unpaired) electrons. The van der Waals surface area contributed by atoms with Crippen LogP contribution in [0.5, 0.6) is 0 Å². The van der Waals surface area contributed by atoms with Gasteiger partial charge < -0.3 is 10.1 Å². The molecule has 3 aromatic rings. The molecule has 1 aromatic heterocycles. The Balaban J connectivity index is 1.80. The monoisotopic (exact) mass is 451 g/mol. The number of amides is 1. The number of aromatic nitrogens is 1. The first-order chi connectivity index (χ1) is 15.3. The number of rotatable bonds is 8. The number of carbonyl (C=O) groups is 1. The van der Waals surface area contributed by atoms with Gasteiger partial charge in [-0.25, -0.2) is 9.78 Å². The highest BCUT2D eigenvalue weighted by Gasteiger charge is 2.17. The Kier molecular flexibility index (Phi) is 8.02. The number of thioether (sulfide) groups is 1. The summed E-state index contributed by atoms with van der Waals surface area (Å²) in [6, 6.07) is 16.5. The number of ether oxygens (including phenoxy) is 1. The van der Waals surface area contributed by atoms with Crippen molar-refractivity contribution in [3.05, 3.63) is 54.7 Å². The maximum Gasteiger partial charge on any atom is 0.412 e. The smallest absolute Gasteiger partial charge is 0.412 e. The number of pyridine rings is 1. The van der Waals surface area contributed by atoms with Crippen molar-refractivity contribution in [1.82, 2.24) is 4.98 Å². The molecule has 5 nitrogen and oxygen atoms in total. The molecule has 0 fully saturated rings. The molecule has 0 aliphatic carbocycles. The van der Waals surface area contributed by atoms with Gasteiger partial charge in [0.2, 0.25) is 0 Å². The quantitative estimate of drug-likeness (QED) is 0.355. The van der Waals surface area contributed by atoms with Crippen LogP contribution in [0.4, 0.5) is 16.3 Å². The normalized spacial score (nSPS) is 12.4. The van der Waals surface area contributed by atoms with Crippen molar-refractivity contribution in [2.45, 2.75) is 52.7 Å². The van der Waals surface area contributed by atoms with Crippen LogP contribution in [0, 0.1) is 0 Å². The topological polar surface area (TPSA) is 63.2 Å². The molecule has 0 spiro atoms. The lowest BCUT2D eigenvalue weighted by molar-refractivity contribution is 0.0636. The maximum absolute atomic E-state index is 12.3. The fraction of sp³-hybridized carbons (Fsp3) is 0.385. The molecule has 1 heterocycles. The first kappa shape index (κ1) is 23.9. The minimum absolute atomic E-state index is 0.381. The summed E-state index contributed by atoms with van der Waals surface area (Å²) >= 11 is 1.96. The molecule has 0 saturated carbocycles. The van der Waals surface area contributed by atoms with E-state index in [9.17, 15) is 4.79 Å². The molecular weight excluding hydrogens is 418 g/mol. The van der Waals surface area contributed by atoms with Crippen molar-refractivity contribution in [3.63, 3.8) is 0 Å². The van der Waals surface area contributed by atoms with Crippen molar-refractivity contribution < 1.29 is 9.53 Å². The Bertz CT molecular complexity index is 1050. The van der Waals surface area contributed by atoms with E-state index in [1.807, 2.05) is 75.1 Å². The first-order valence-electron chi connectivity index (χ1n) is 11.1. The number of hydrogen-bond acceptors (Lipinski definition) is 5. The van der Waals surface area contributed by atoms with E-state index in [4.69, 9.17) is 4.74 Å². The molecule has 6 heteroatoms. The van der Waals surface area contributed by atoms with Crippen LogP contribution in [-0.4, -0.2) is 34.2 Å². The van der Waals surface area contributed by atoms with Crippen molar-refractivity contribution in [2.75, 3.05) is 22.1 Å². The highest BCUT2D eigenvalue weighted by molar-refractivity contribution is 7.99. The number of carbonyl (C=O) groups excluding carboxylic acids is 1. The van der Waals surface area contributed by atoms with Gasteiger partial charge in [-0.2, -0.15) is 11.8 Å². The maximum atomic E-state index is 12.3. The SMILES string of the molecule is CCSCCC(C)Nc1ccc(-c2ccc(NC(=O)OC(C)(C)C)c3ccccc23)cn1. The standard InChI is InChI=1S/C26H33N3O2S/c1-6-32-16-15-18(2)28-24-14-11-19(17-27-24)20-12-13-23(22-10-8-7-9-21(20)22)29-25(30)31-26(3,4)5/h7-14,17-18H,6,15-16H2,1-5H3,(H,27,28)(H,29,30). The van der Waals surface area contributed by atoms with E-state index in [2.05, 4.69) is 41.6 Å². The van der Waals surface area contributed by atoms with Crippen molar-refractivity contribution in [2.24, 2.45) is 0 Å². The van der Waals surface area contributed by atoms with Gasteiger partial charge in [0.05, 0.1) is 5.69 Å². The molecule has 3 rings (SSSR count). The predicted molar refractivity (Wildman–Crippen MR) is 138 cm³/mol.